The number of para-hydroxylation sites is 1. The first-order valence-corrected chi connectivity index (χ1v) is 18.4. The zero-order valence-corrected chi connectivity index (χ0v) is 27.8. The fourth-order valence-electron chi connectivity index (χ4n) is 8.67. The summed E-state index contributed by atoms with van der Waals surface area (Å²) in [6.45, 7) is 0. The molecule has 3 aromatic heterocycles. The molecule has 0 aliphatic heterocycles. The lowest BCUT2D eigenvalue weighted by Crippen LogP contribution is -1.94. The molecule has 8 aromatic carbocycles. The Morgan fingerprint density at radius 2 is 0.980 bits per heavy atom. The molecule has 0 spiro atoms. The van der Waals surface area contributed by atoms with Crippen LogP contribution in [0.5, 0.6) is 0 Å². The van der Waals surface area contributed by atoms with Crippen LogP contribution in [0.3, 0.4) is 0 Å². The molecule has 3 heterocycles. The molecule has 1 aliphatic carbocycles. The maximum Gasteiger partial charge on any atom is 0.0634 e. The first-order chi connectivity index (χ1) is 24.3. The average molecular weight is 656 g/mol. The van der Waals surface area contributed by atoms with E-state index in [-0.39, 0.29) is 0 Å². The molecule has 0 saturated heterocycles. The minimum Gasteiger partial charge on any atom is -0.309 e. The van der Waals surface area contributed by atoms with Crippen molar-refractivity contribution in [1.29, 1.82) is 0 Å². The Morgan fingerprint density at radius 3 is 1.88 bits per heavy atom. The van der Waals surface area contributed by atoms with E-state index in [9.17, 15) is 0 Å². The van der Waals surface area contributed by atoms with Gasteiger partial charge in [0.15, 0.2) is 0 Å². The third-order valence-electron chi connectivity index (χ3n) is 10.7. The molecule has 0 atom stereocenters. The fourth-order valence-corrected chi connectivity index (χ4v) is 10.8. The maximum atomic E-state index is 2.51. The van der Waals surface area contributed by atoms with E-state index in [4.69, 9.17) is 0 Å². The van der Waals surface area contributed by atoms with Crippen LogP contribution in [0, 0.1) is 0 Å². The molecule has 0 radical (unpaired) electrons. The van der Waals surface area contributed by atoms with Gasteiger partial charge >= 0.3 is 0 Å². The van der Waals surface area contributed by atoms with Gasteiger partial charge in [0.2, 0.25) is 0 Å². The summed E-state index contributed by atoms with van der Waals surface area (Å²) in [5.41, 5.74) is 11.7. The van der Waals surface area contributed by atoms with Crippen LogP contribution in [0.25, 0.3) is 112 Å². The van der Waals surface area contributed by atoms with E-state index < -0.39 is 0 Å². The third-order valence-corrected chi connectivity index (χ3v) is 13.0. The van der Waals surface area contributed by atoms with Crippen molar-refractivity contribution in [2.45, 2.75) is 0 Å². The normalized spacial score (nSPS) is 12.5. The number of hydrogen-bond donors (Lipinski definition) is 0. The van der Waals surface area contributed by atoms with Crippen molar-refractivity contribution in [2.75, 3.05) is 0 Å². The van der Waals surface area contributed by atoms with Gasteiger partial charge in [0, 0.05) is 56.8 Å². The van der Waals surface area contributed by atoms with E-state index in [1.165, 1.54) is 112 Å². The van der Waals surface area contributed by atoms with E-state index in [1.807, 2.05) is 22.7 Å². The summed E-state index contributed by atoms with van der Waals surface area (Å²) in [4.78, 5) is 0. The average Bonchev–Trinajstić information content (AvgIpc) is 3.90. The van der Waals surface area contributed by atoms with Crippen LogP contribution in [-0.4, -0.2) is 4.57 Å². The number of rotatable bonds is 2. The lowest BCUT2D eigenvalue weighted by molar-refractivity contribution is 1.19. The van der Waals surface area contributed by atoms with Gasteiger partial charge in [0.1, 0.15) is 0 Å². The van der Waals surface area contributed by atoms with Gasteiger partial charge in [0.05, 0.1) is 11.0 Å². The lowest BCUT2D eigenvalue weighted by Gasteiger charge is -2.11. The van der Waals surface area contributed by atoms with Gasteiger partial charge in [-0.1, -0.05) is 103 Å². The number of thiophene rings is 2. The zero-order valence-electron chi connectivity index (χ0n) is 26.2. The standard InChI is InChI=1S/C46H25NS2/c1-2-9-30-29(8-1)33-13-7-12-32-28(18-19-34(30)44(32)33)26-16-21-41-37(24-26)38-25-27(17-22-42(38)48-41)47-39-14-5-3-10-31(39)35-20-23-43-45(46(35)47)36-11-4-6-15-40(36)49-43/h1-25H. The maximum absolute atomic E-state index is 2.51. The van der Waals surface area contributed by atoms with Crippen LogP contribution >= 0.6 is 22.7 Å². The number of hydrogen-bond acceptors (Lipinski definition) is 2. The topological polar surface area (TPSA) is 4.93 Å². The quantitative estimate of drug-likeness (QED) is 0.175. The molecular weight excluding hydrogens is 631 g/mol. The fraction of sp³-hybridized carbons (Fsp3) is 0. The molecule has 49 heavy (non-hydrogen) atoms. The molecule has 0 bridgehead atoms. The summed E-state index contributed by atoms with van der Waals surface area (Å²) in [6, 6.07) is 56.8. The van der Waals surface area contributed by atoms with Crippen LogP contribution in [-0.2, 0) is 0 Å². The van der Waals surface area contributed by atoms with Crippen LogP contribution < -0.4 is 0 Å². The second kappa shape index (κ2) is 9.45. The SMILES string of the molecule is c1ccc2c(c1)-c1cccc3c(-c4ccc5sc6ccc(-n7c8ccccc8c8ccc9sc%10ccccc%10c9c87)cc6c5c4)ccc-2c13. The van der Waals surface area contributed by atoms with E-state index in [0.29, 0.717) is 0 Å². The van der Waals surface area contributed by atoms with Crippen molar-refractivity contribution in [2.24, 2.45) is 0 Å². The van der Waals surface area contributed by atoms with Crippen molar-refractivity contribution < 1.29 is 0 Å². The van der Waals surface area contributed by atoms with Crippen LogP contribution in [0.1, 0.15) is 0 Å². The molecular formula is C46H25NS2. The van der Waals surface area contributed by atoms with Crippen molar-refractivity contribution in [1.82, 2.24) is 4.57 Å². The Kier molecular flexibility index (Phi) is 5.06. The van der Waals surface area contributed by atoms with Gasteiger partial charge in [-0.25, -0.2) is 0 Å². The molecule has 1 nitrogen and oxygen atoms in total. The van der Waals surface area contributed by atoms with Crippen molar-refractivity contribution >= 4 is 95.6 Å². The molecule has 1 aliphatic rings. The predicted octanol–water partition coefficient (Wildman–Crippen LogP) is 14.0. The molecule has 0 fully saturated rings. The molecule has 11 aromatic rings. The summed E-state index contributed by atoms with van der Waals surface area (Å²) >= 11 is 3.77. The Hall–Kier alpha value is -5.74. The van der Waals surface area contributed by atoms with Crippen LogP contribution in [0.4, 0.5) is 0 Å². The van der Waals surface area contributed by atoms with Gasteiger partial charge in [-0.15, -0.1) is 22.7 Å². The minimum absolute atomic E-state index is 1.20. The molecule has 0 N–H and O–H groups in total. The molecule has 0 saturated carbocycles. The van der Waals surface area contributed by atoms with Crippen molar-refractivity contribution in [3.63, 3.8) is 0 Å². The number of nitrogens with zero attached hydrogens (tertiary/aromatic N) is 1. The van der Waals surface area contributed by atoms with E-state index in [1.54, 1.807) is 0 Å². The second-order valence-corrected chi connectivity index (χ2v) is 15.4. The zero-order chi connectivity index (χ0) is 31.8. The Bertz CT molecular complexity index is 3190. The summed E-state index contributed by atoms with van der Waals surface area (Å²) < 4.78 is 7.82. The van der Waals surface area contributed by atoms with E-state index in [2.05, 4.69) is 156 Å². The highest BCUT2D eigenvalue weighted by Gasteiger charge is 2.23. The van der Waals surface area contributed by atoms with Crippen molar-refractivity contribution in [3.8, 4) is 39.1 Å². The Morgan fingerprint density at radius 1 is 0.347 bits per heavy atom. The molecule has 0 unspecified atom stereocenters. The van der Waals surface area contributed by atoms with Gasteiger partial charge in [-0.05, 0) is 92.7 Å². The lowest BCUT2D eigenvalue weighted by atomic mass is 9.93. The van der Waals surface area contributed by atoms with Crippen LogP contribution in [0.15, 0.2) is 152 Å². The highest BCUT2D eigenvalue weighted by Crippen LogP contribution is 2.50. The summed E-state index contributed by atoms with van der Waals surface area (Å²) in [5.74, 6) is 0. The van der Waals surface area contributed by atoms with E-state index in [0.717, 1.165) is 0 Å². The molecule has 3 heteroatoms. The highest BCUT2D eigenvalue weighted by molar-refractivity contribution is 7.26. The van der Waals surface area contributed by atoms with Crippen LogP contribution in [0.2, 0.25) is 0 Å². The van der Waals surface area contributed by atoms with Gasteiger partial charge in [-0.2, -0.15) is 0 Å². The minimum atomic E-state index is 1.20. The monoisotopic (exact) mass is 655 g/mol. The Balaban J connectivity index is 1.11. The summed E-state index contributed by atoms with van der Waals surface area (Å²) in [7, 11) is 0. The number of aromatic nitrogens is 1. The second-order valence-electron chi connectivity index (χ2n) is 13.2. The summed E-state index contributed by atoms with van der Waals surface area (Å²) in [5, 5.41) is 10.6. The molecule has 12 rings (SSSR count). The van der Waals surface area contributed by atoms with Gasteiger partial charge in [0.25, 0.3) is 0 Å². The highest BCUT2D eigenvalue weighted by atomic mass is 32.1. The number of benzene rings is 8. The largest absolute Gasteiger partial charge is 0.309 e. The van der Waals surface area contributed by atoms with Crippen molar-refractivity contribution in [3.05, 3.63) is 152 Å². The first kappa shape index (κ1) is 26.2. The van der Waals surface area contributed by atoms with Gasteiger partial charge in [-0.3, -0.25) is 0 Å². The Labute approximate surface area is 289 Å². The first-order valence-electron chi connectivity index (χ1n) is 16.8. The third kappa shape index (κ3) is 3.43. The smallest absolute Gasteiger partial charge is 0.0634 e. The van der Waals surface area contributed by atoms with E-state index >= 15 is 0 Å². The number of fused-ring (bicyclic) bond motifs is 13. The predicted molar refractivity (Wildman–Crippen MR) is 214 cm³/mol. The molecule has 226 valence electrons. The molecule has 0 amide bonds. The van der Waals surface area contributed by atoms with Gasteiger partial charge < -0.3 is 4.57 Å². The summed E-state index contributed by atoms with van der Waals surface area (Å²) in [6.07, 6.45) is 0.